The molecule has 100 valence electrons. The van der Waals surface area contributed by atoms with Crippen LogP contribution in [-0.4, -0.2) is 25.0 Å². The molecule has 2 atom stereocenters. The van der Waals surface area contributed by atoms with Crippen LogP contribution in [0.5, 0.6) is 0 Å². The van der Waals surface area contributed by atoms with Crippen molar-refractivity contribution in [3.05, 3.63) is 29.8 Å². The van der Waals surface area contributed by atoms with E-state index in [9.17, 15) is 4.79 Å². The van der Waals surface area contributed by atoms with Crippen molar-refractivity contribution in [1.29, 1.82) is 5.26 Å². The zero-order valence-corrected chi connectivity index (χ0v) is 11.3. The maximum absolute atomic E-state index is 12.0. The van der Waals surface area contributed by atoms with Crippen molar-refractivity contribution in [3.8, 4) is 6.07 Å². The van der Waals surface area contributed by atoms with E-state index in [1.54, 1.807) is 24.3 Å². The van der Waals surface area contributed by atoms with Gasteiger partial charge >= 0.3 is 0 Å². The fourth-order valence-electron chi connectivity index (χ4n) is 2.56. The number of carbonyl (C=O) groups excluding carboxylic acids is 1. The highest BCUT2D eigenvalue weighted by atomic mass is 16.2. The van der Waals surface area contributed by atoms with Crippen LogP contribution in [0, 0.1) is 11.3 Å². The third-order valence-corrected chi connectivity index (χ3v) is 3.77. The summed E-state index contributed by atoms with van der Waals surface area (Å²) in [6.45, 7) is 3.83. The molecule has 4 nitrogen and oxygen atoms in total. The molecule has 1 aliphatic rings. The Morgan fingerprint density at radius 3 is 2.79 bits per heavy atom. The summed E-state index contributed by atoms with van der Waals surface area (Å²) >= 11 is 0. The van der Waals surface area contributed by atoms with Gasteiger partial charge in [0.15, 0.2) is 6.54 Å². The molecule has 1 unspecified atom stereocenters. The summed E-state index contributed by atoms with van der Waals surface area (Å²) in [5.41, 5.74) is 1.36. The van der Waals surface area contributed by atoms with Gasteiger partial charge in [0, 0.05) is 5.69 Å². The molecular weight excluding hydrogens is 238 g/mol. The van der Waals surface area contributed by atoms with Crippen LogP contribution in [0.1, 0.15) is 31.7 Å². The van der Waals surface area contributed by atoms with Crippen molar-refractivity contribution < 1.29 is 9.69 Å². The second kappa shape index (κ2) is 6.35. The van der Waals surface area contributed by atoms with E-state index < -0.39 is 0 Å². The van der Waals surface area contributed by atoms with Gasteiger partial charge in [-0.3, -0.25) is 4.79 Å². The van der Waals surface area contributed by atoms with E-state index in [0.29, 0.717) is 18.2 Å². The summed E-state index contributed by atoms with van der Waals surface area (Å²) in [5.74, 6) is 0.0495. The van der Waals surface area contributed by atoms with Crippen LogP contribution in [0.3, 0.4) is 0 Å². The van der Waals surface area contributed by atoms with E-state index in [2.05, 4.69) is 18.3 Å². The predicted molar refractivity (Wildman–Crippen MR) is 73.8 cm³/mol. The number of benzene rings is 1. The smallest absolute Gasteiger partial charge is 0.279 e. The van der Waals surface area contributed by atoms with Crippen LogP contribution < -0.4 is 10.2 Å². The summed E-state index contributed by atoms with van der Waals surface area (Å²) in [7, 11) is 0. The highest BCUT2D eigenvalue weighted by molar-refractivity contribution is 5.91. The average molecular weight is 258 g/mol. The third kappa shape index (κ3) is 3.80. The summed E-state index contributed by atoms with van der Waals surface area (Å²) in [6.07, 6.45) is 3.70. The number of nitrogens with zero attached hydrogens (tertiary/aromatic N) is 1. The average Bonchev–Trinajstić information content (AvgIpc) is 2.42. The second-order valence-corrected chi connectivity index (χ2v) is 5.22. The van der Waals surface area contributed by atoms with Gasteiger partial charge in [-0.25, -0.2) is 0 Å². The normalized spacial score (nSPS) is 22.5. The molecule has 2 N–H and O–H groups in total. The lowest BCUT2D eigenvalue weighted by molar-refractivity contribution is -0.920. The van der Waals surface area contributed by atoms with Crippen LogP contribution in [0.25, 0.3) is 0 Å². The monoisotopic (exact) mass is 258 g/mol. The van der Waals surface area contributed by atoms with E-state index in [0.717, 1.165) is 12.2 Å². The number of quaternary nitrogens is 1. The fraction of sp³-hybridized carbons (Fsp3) is 0.467. The van der Waals surface area contributed by atoms with E-state index >= 15 is 0 Å². The summed E-state index contributed by atoms with van der Waals surface area (Å²) in [5, 5.41) is 11.6. The van der Waals surface area contributed by atoms with Crippen molar-refractivity contribution >= 4 is 11.6 Å². The second-order valence-electron chi connectivity index (χ2n) is 5.22. The van der Waals surface area contributed by atoms with Gasteiger partial charge in [0.25, 0.3) is 5.91 Å². The minimum Gasteiger partial charge on any atom is -0.325 e. The number of nitriles is 1. The first-order chi connectivity index (χ1) is 9.19. The van der Waals surface area contributed by atoms with E-state index in [-0.39, 0.29) is 5.91 Å². The van der Waals surface area contributed by atoms with Gasteiger partial charge in [0.05, 0.1) is 24.2 Å². The zero-order chi connectivity index (χ0) is 13.7. The lowest BCUT2D eigenvalue weighted by Crippen LogP contribution is -3.17. The van der Waals surface area contributed by atoms with E-state index in [1.807, 2.05) is 0 Å². The fourth-order valence-corrected chi connectivity index (χ4v) is 2.56. The number of amides is 1. The SMILES string of the molecule is C[C@H]1CCCC[NH+]1CC(=O)Nc1ccc(C#N)cc1. The van der Waals surface area contributed by atoms with Gasteiger partial charge in [-0.2, -0.15) is 5.26 Å². The molecule has 19 heavy (non-hydrogen) atoms. The van der Waals surface area contributed by atoms with Crippen LogP contribution >= 0.6 is 0 Å². The highest BCUT2D eigenvalue weighted by Gasteiger charge is 2.24. The summed E-state index contributed by atoms with van der Waals surface area (Å²) < 4.78 is 0. The first kappa shape index (κ1) is 13.6. The Morgan fingerprint density at radius 1 is 1.42 bits per heavy atom. The van der Waals surface area contributed by atoms with Gasteiger partial charge in [-0.05, 0) is 50.5 Å². The van der Waals surface area contributed by atoms with Crippen molar-refractivity contribution in [2.45, 2.75) is 32.2 Å². The Hall–Kier alpha value is -1.86. The Bertz CT molecular complexity index is 475. The molecule has 0 aromatic heterocycles. The van der Waals surface area contributed by atoms with Crippen LogP contribution in [-0.2, 0) is 4.79 Å². The molecule has 1 saturated heterocycles. The molecular formula is C15H20N3O+. The summed E-state index contributed by atoms with van der Waals surface area (Å²) in [4.78, 5) is 13.4. The first-order valence-corrected chi connectivity index (χ1v) is 6.83. The van der Waals surface area contributed by atoms with Crippen LogP contribution in [0.4, 0.5) is 5.69 Å². The molecule has 0 saturated carbocycles. The third-order valence-electron chi connectivity index (χ3n) is 3.77. The van der Waals surface area contributed by atoms with Crippen LogP contribution in [0.2, 0.25) is 0 Å². The van der Waals surface area contributed by atoms with E-state index in [4.69, 9.17) is 5.26 Å². The molecule has 1 aromatic rings. The molecule has 0 radical (unpaired) electrons. The molecule has 2 rings (SSSR count). The maximum atomic E-state index is 12.0. The Balaban J connectivity index is 1.88. The van der Waals surface area contributed by atoms with Crippen LogP contribution in [0.15, 0.2) is 24.3 Å². The van der Waals surface area contributed by atoms with E-state index in [1.165, 1.54) is 24.2 Å². The number of anilines is 1. The standard InChI is InChI=1S/C15H19N3O/c1-12-4-2-3-9-18(12)11-15(19)17-14-7-5-13(10-16)6-8-14/h5-8,12H,2-4,9,11H2,1H3,(H,17,19)/p+1/t12-/m0/s1. The number of nitrogens with one attached hydrogen (secondary N) is 2. The molecule has 0 spiro atoms. The van der Waals surface area contributed by atoms with Gasteiger partial charge < -0.3 is 10.2 Å². The molecule has 1 amide bonds. The Kier molecular flexibility index (Phi) is 4.53. The molecule has 4 heteroatoms. The number of rotatable bonds is 3. The molecule has 1 heterocycles. The zero-order valence-electron chi connectivity index (χ0n) is 11.3. The Labute approximate surface area is 114 Å². The largest absolute Gasteiger partial charge is 0.325 e. The minimum absolute atomic E-state index is 0.0495. The molecule has 1 aromatic carbocycles. The number of piperidine rings is 1. The van der Waals surface area contributed by atoms with Gasteiger partial charge in [-0.1, -0.05) is 0 Å². The Morgan fingerprint density at radius 2 is 2.16 bits per heavy atom. The first-order valence-electron chi connectivity index (χ1n) is 6.83. The van der Waals surface area contributed by atoms with Crippen molar-refractivity contribution in [2.75, 3.05) is 18.4 Å². The number of hydrogen-bond acceptors (Lipinski definition) is 2. The highest BCUT2D eigenvalue weighted by Crippen LogP contribution is 2.08. The number of carbonyl (C=O) groups is 1. The molecule has 1 aliphatic heterocycles. The molecule has 1 fully saturated rings. The number of hydrogen-bond donors (Lipinski definition) is 2. The van der Waals surface area contributed by atoms with Crippen molar-refractivity contribution in [1.82, 2.24) is 0 Å². The maximum Gasteiger partial charge on any atom is 0.279 e. The van der Waals surface area contributed by atoms with Gasteiger partial charge in [0.2, 0.25) is 0 Å². The lowest BCUT2D eigenvalue weighted by Gasteiger charge is -2.29. The number of likely N-dealkylation sites (tertiary alicyclic amines) is 1. The quantitative estimate of drug-likeness (QED) is 0.848. The molecule has 0 bridgehead atoms. The van der Waals surface area contributed by atoms with Gasteiger partial charge in [-0.15, -0.1) is 0 Å². The topological polar surface area (TPSA) is 57.3 Å². The van der Waals surface area contributed by atoms with Crippen molar-refractivity contribution in [2.24, 2.45) is 0 Å². The summed E-state index contributed by atoms with van der Waals surface area (Å²) in [6, 6.07) is 9.60. The van der Waals surface area contributed by atoms with Gasteiger partial charge in [0.1, 0.15) is 0 Å². The lowest BCUT2D eigenvalue weighted by atomic mass is 10.0. The minimum atomic E-state index is 0.0495. The predicted octanol–water partition coefficient (Wildman–Crippen LogP) is 0.954. The van der Waals surface area contributed by atoms with Crippen molar-refractivity contribution in [3.63, 3.8) is 0 Å². The molecule has 0 aliphatic carbocycles.